The zero-order chi connectivity index (χ0) is 23.1. The summed E-state index contributed by atoms with van der Waals surface area (Å²) in [5.41, 5.74) is 9.54. The first kappa shape index (κ1) is 28.6. The number of rotatable bonds is 0. The molecule has 0 aromatic carbocycles. The highest BCUT2D eigenvalue weighted by molar-refractivity contribution is 9.10. The fourth-order valence-electron chi connectivity index (χ4n) is 1.09. The Balaban J connectivity index is 0. The number of nitrogen functional groups attached to an aromatic ring is 2. The monoisotopic (exact) mass is 462 g/mol. The van der Waals surface area contributed by atoms with Gasteiger partial charge in [-0.25, -0.2) is 9.97 Å². The Labute approximate surface area is 182 Å². The summed E-state index contributed by atoms with van der Waals surface area (Å²) in [6.07, 6.45) is 8.05. The third-order valence-corrected chi connectivity index (χ3v) is 2.87. The molecule has 0 radical (unpaired) electrons. The molecule has 158 valence electrons. The SMILES string of the molecule is C#CC(C)(C)O.CC.CC(C)(O)C#Cc1ccc(N)nc1.Nc1ccc(Br)cn1. The second-order valence-corrected chi connectivity index (χ2v) is 7.30. The standard InChI is InChI=1S/C10H12N2O.C5H5BrN2.C5H8O.C2H6/c1-10(2,13)6-5-8-3-4-9(11)12-7-8;6-4-1-2-5(7)8-3-4;1-4-5(2,3)6;1-2/h3-4,7,13H,1-2H3,(H2,11,12);1-3H,(H2,7,8);1,6H,2-3H3;1-2H3. The van der Waals surface area contributed by atoms with Gasteiger partial charge in [-0.15, -0.1) is 6.42 Å². The van der Waals surface area contributed by atoms with Crippen LogP contribution in [0.25, 0.3) is 0 Å². The van der Waals surface area contributed by atoms with E-state index in [0.29, 0.717) is 11.6 Å². The fourth-order valence-corrected chi connectivity index (χ4v) is 1.33. The topological polar surface area (TPSA) is 118 Å². The number of nitrogens with two attached hydrogens (primary N) is 2. The number of pyridine rings is 2. The minimum absolute atomic E-state index is 0.466. The van der Waals surface area contributed by atoms with E-state index >= 15 is 0 Å². The van der Waals surface area contributed by atoms with Crippen molar-refractivity contribution in [1.29, 1.82) is 0 Å². The molecule has 6 N–H and O–H groups in total. The van der Waals surface area contributed by atoms with Crippen molar-refractivity contribution in [2.45, 2.75) is 52.7 Å². The van der Waals surface area contributed by atoms with E-state index in [1.165, 1.54) is 0 Å². The van der Waals surface area contributed by atoms with Crippen LogP contribution in [0.5, 0.6) is 0 Å². The van der Waals surface area contributed by atoms with Gasteiger partial charge in [0.25, 0.3) is 0 Å². The summed E-state index contributed by atoms with van der Waals surface area (Å²) in [4.78, 5) is 7.68. The van der Waals surface area contributed by atoms with Gasteiger partial charge in [0.2, 0.25) is 0 Å². The molecule has 0 unspecified atom stereocenters. The molecule has 0 saturated carbocycles. The smallest absolute Gasteiger partial charge is 0.123 e. The predicted octanol–water partition coefficient (Wildman–Crippen LogP) is 3.63. The molecule has 2 heterocycles. The normalized spacial score (nSPS) is 9.52. The highest BCUT2D eigenvalue weighted by atomic mass is 79.9. The zero-order valence-electron chi connectivity index (χ0n) is 17.9. The van der Waals surface area contributed by atoms with Crippen LogP contribution in [-0.4, -0.2) is 31.4 Å². The van der Waals surface area contributed by atoms with Crippen LogP contribution < -0.4 is 11.5 Å². The lowest BCUT2D eigenvalue weighted by Gasteiger charge is -2.05. The maximum atomic E-state index is 9.31. The van der Waals surface area contributed by atoms with Crippen molar-refractivity contribution in [3.63, 3.8) is 0 Å². The van der Waals surface area contributed by atoms with E-state index in [-0.39, 0.29) is 0 Å². The molecule has 0 aliphatic heterocycles. The number of halogens is 1. The number of anilines is 2. The zero-order valence-corrected chi connectivity index (χ0v) is 19.4. The highest BCUT2D eigenvalue weighted by Crippen LogP contribution is 2.07. The van der Waals surface area contributed by atoms with Gasteiger partial charge in [0.05, 0.1) is 0 Å². The van der Waals surface area contributed by atoms with E-state index < -0.39 is 11.2 Å². The van der Waals surface area contributed by atoms with Crippen LogP contribution in [0.15, 0.2) is 41.1 Å². The molecule has 0 aliphatic carbocycles. The van der Waals surface area contributed by atoms with Gasteiger partial charge >= 0.3 is 0 Å². The first-order valence-corrected chi connectivity index (χ1v) is 9.66. The molecule has 0 saturated heterocycles. The number of terminal acetylenes is 1. The first-order chi connectivity index (χ1) is 13.3. The summed E-state index contributed by atoms with van der Waals surface area (Å²) in [5.74, 6) is 8.65. The molecule has 0 amide bonds. The van der Waals surface area contributed by atoms with E-state index in [4.69, 9.17) is 23.0 Å². The molecule has 7 heteroatoms. The third-order valence-electron chi connectivity index (χ3n) is 2.40. The maximum Gasteiger partial charge on any atom is 0.123 e. The summed E-state index contributed by atoms with van der Waals surface area (Å²) in [6.45, 7) is 10.4. The van der Waals surface area contributed by atoms with E-state index in [1.807, 2.05) is 19.9 Å². The lowest BCUT2D eigenvalue weighted by Crippen LogP contribution is -2.14. The van der Waals surface area contributed by atoms with Crippen molar-refractivity contribution in [2.75, 3.05) is 11.5 Å². The maximum absolute atomic E-state index is 9.31. The molecular weight excluding hydrogens is 432 g/mol. The van der Waals surface area contributed by atoms with Crippen LogP contribution >= 0.6 is 15.9 Å². The number of hydrogen-bond donors (Lipinski definition) is 4. The van der Waals surface area contributed by atoms with Crippen LogP contribution in [0.2, 0.25) is 0 Å². The van der Waals surface area contributed by atoms with Crippen molar-refractivity contribution in [2.24, 2.45) is 0 Å². The number of nitrogens with zero attached hydrogens (tertiary/aromatic N) is 2. The van der Waals surface area contributed by atoms with Crippen molar-refractivity contribution in [1.82, 2.24) is 9.97 Å². The Morgan fingerprint density at radius 1 is 0.897 bits per heavy atom. The van der Waals surface area contributed by atoms with Gasteiger partial charge < -0.3 is 21.7 Å². The predicted molar refractivity (Wildman–Crippen MR) is 125 cm³/mol. The second kappa shape index (κ2) is 14.4. The largest absolute Gasteiger partial charge is 0.384 e. The summed E-state index contributed by atoms with van der Waals surface area (Å²) in [5, 5.41) is 17.9. The molecule has 6 nitrogen and oxygen atoms in total. The summed E-state index contributed by atoms with van der Waals surface area (Å²) in [6, 6.07) is 7.03. The average Bonchev–Trinajstić information content (AvgIpc) is 2.65. The molecule has 2 aromatic heterocycles. The van der Waals surface area contributed by atoms with Crippen LogP contribution in [0, 0.1) is 24.2 Å². The van der Waals surface area contributed by atoms with E-state index in [9.17, 15) is 5.11 Å². The van der Waals surface area contributed by atoms with Gasteiger partial charge in [-0.3, -0.25) is 0 Å². The molecule has 29 heavy (non-hydrogen) atoms. The lowest BCUT2D eigenvalue weighted by molar-refractivity contribution is 0.143. The van der Waals surface area contributed by atoms with E-state index in [1.54, 1.807) is 58.3 Å². The van der Waals surface area contributed by atoms with Crippen LogP contribution in [0.3, 0.4) is 0 Å². The Bertz CT molecular complexity index is 768. The fraction of sp³-hybridized carbons (Fsp3) is 0.364. The Morgan fingerprint density at radius 3 is 1.62 bits per heavy atom. The van der Waals surface area contributed by atoms with E-state index in [0.717, 1.165) is 10.0 Å². The third kappa shape index (κ3) is 20.0. The number of aromatic nitrogens is 2. The van der Waals surface area contributed by atoms with Crippen LogP contribution in [0.4, 0.5) is 11.6 Å². The van der Waals surface area contributed by atoms with Gasteiger partial charge in [-0.2, -0.15) is 0 Å². The van der Waals surface area contributed by atoms with Gasteiger partial charge in [-0.1, -0.05) is 31.6 Å². The summed E-state index contributed by atoms with van der Waals surface area (Å²) in [7, 11) is 0. The lowest BCUT2D eigenvalue weighted by atomic mass is 10.1. The summed E-state index contributed by atoms with van der Waals surface area (Å²) < 4.78 is 0.951. The molecule has 2 rings (SSSR count). The Hall–Kier alpha value is -2.58. The average molecular weight is 463 g/mol. The number of hydrogen-bond acceptors (Lipinski definition) is 6. The highest BCUT2D eigenvalue weighted by Gasteiger charge is 2.05. The Morgan fingerprint density at radius 2 is 1.34 bits per heavy atom. The van der Waals surface area contributed by atoms with Crippen molar-refractivity contribution < 1.29 is 10.2 Å². The minimum atomic E-state index is -0.971. The van der Waals surface area contributed by atoms with Gasteiger partial charge in [0.15, 0.2) is 0 Å². The summed E-state index contributed by atoms with van der Waals surface area (Å²) >= 11 is 3.23. The molecule has 0 atom stereocenters. The van der Waals surface area contributed by atoms with Crippen molar-refractivity contribution in [3.05, 3.63) is 46.7 Å². The molecule has 0 bridgehead atoms. The molecule has 0 fully saturated rings. The second-order valence-electron chi connectivity index (χ2n) is 6.39. The van der Waals surface area contributed by atoms with Crippen molar-refractivity contribution >= 4 is 27.6 Å². The molecular formula is C22H31BrN4O2. The number of aliphatic hydroxyl groups is 2. The van der Waals surface area contributed by atoms with Crippen LogP contribution in [0.1, 0.15) is 47.1 Å². The van der Waals surface area contributed by atoms with Crippen LogP contribution in [-0.2, 0) is 0 Å². The van der Waals surface area contributed by atoms with E-state index in [2.05, 4.69) is 43.7 Å². The molecule has 2 aromatic rings. The molecule has 0 spiro atoms. The Kier molecular flexibility index (Phi) is 14.2. The van der Waals surface area contributed by atoms with Gasteiger partial charge in [0.1, 0.15) is 22.8 Å². The molecule has 0 aliphatic rings. The van der Waals surface area contributed by atoms with Gasteiger partial charge in [-0.05, 0) is 67.9 Å². The van der Waals surface area contributed by atoms with Gasteiger partial charge in [0, 0.05) is 22.4 Å². The minimum Gasteiger partial charge on any atom is -0.384 e. The first-order valence-electron chi connectivity index (χ1n) is 8.86. The quantitative estimate of drug-likeness (QED) is 0.443. The van der Waals surface area contributed by atoms with Crippen molar-refractivity contribution in [3.8, 4) is 24.2 Å².